The number of nitrogens with one attached hydrogen (secondary N) is 1. The molecule has 2 fully saturated rings. The highest BCUT2D eigenvalue weighted by Crippen LogP contribution is 2.31. The first-order chi connectivity index (χ1) is 8.43. The first kappa shape index (κ1) is 11.4. The Morgan fingerprint density at radius 3 is 2.53 bits per heavy atom. The van der Waals surface area contributed by atoms with E-state index >= 15 is 0 Å². The molecule has 1 aromatic carbocycles. The van der Waals surface area contributed by atoms with Gasteiger partial charge in [-0.05, 0) is 30.5 Å². The van der Waals surface area contributed by atoms with E-state index in [0.717, 1.165) is 13.1 Å². The summed E-state index contributed by atoms with van der Waals surface area (Å²) in [5, 5.41) is 4.12. The van der Waals surface area contributed by atoms with Gasteiger partial charge in [0, 0.05) is 42.9 Å². The van der Waals surface area contributed by atoms with Crippen LogP contribution < -0.4 is 10.2 Å². The number of anilines is 1. The first-order valence-corrected chi connectivity index (χ1v) is 7.65. The molecule has 0 bridgehead atoms. The Hall–Kier alpha value is -0.670. The van der Waals surface area contributed by atoms with Crippen molar-refractivity contribution in [3.8, 4) is 0 Å². The van der Waals surface area contributed by atoms with Gasteiger partial charge in [0.2, 0.25) is 0 Å². The van der Waals surface area contributed by atoms with E-state index in [2.05, 4.69) is 46.2 Å². The molecule has 1 unspecified atom stereocenters. The largest absolute Gasteiger partial charge is 0.372 e. The lowest BCUT2D eigenvalue weighted by Crippen LogP contribution is -2.28. The summed E-state index contributed by atoms with van der Waals surface area (Å²) in [6, 6.07) is 9.24. The average molecular weight is 248 g/mol. The van der Waals surface area contributed by atoms with Gasteiger partial charge in [-0.3, -0.25) is 0 Å². The zero-order chi connectivity index (χ0) is 11.5. The van der Waals surface area contributed by atoms with Crippen molar-refractivity contribution in [2.24, 2.45) is 0 Å². The molecule has 2 aliphatic heterocycles. The summed E-state index contributed by atoms with van der Waals surface area (Å²) in [5.74, 6) is 1.23. The third kappa shape index (κ3) is 2.61. The van der Waals surface area contributed by atoms with Gasteiger partial charge >= 0.3 is 0 Å². The Bertz CT molecular complexity index is 351. The molecule has 3 rings (SSSR count). The molecule has 0 aromatic heterocycles. The molecule has 2 saturated heterocycles. The molecule has 2 aliphatic rings. The first-order valence-electron chi connectivity index (χ1n) is 6.61. The quantitative estimate of drug-likeness (QED) is 0.866. The second kappa shape index (κ2) is 5.32. The van der Waals surface area contributed by atoms with Crippen LogP contribution in [0, 0.1) is 0 Å². The van der Waals surface area contributed by atoms with Gasteiger partial charge in [0.25, 0.3) is 0 Å². The molecule has 2 nitrogen and oxygen atoms in total. The van der Waals surface area contributed by atoms with E-state index in [1.165, 1.54) is 42.9 Å². The van der Waals surface area contributed by atoms with Crippen LogP contribution in [-0.4, -0.2) is 31.9 Å². The summed E-state index contributed by atoms with van der Waals surface area (Å²) in [4.78, 5) is 2.50. The van der Waals surface area contributed by atoms with Crippen LogP contribution in [0.3, 0.4) is 0 Å². The highest BCUT2D eigenvalue weighted by molar-refractivity contribution is 7.99. The SMILES string of the molecule is c1cc(N2CCCC2)ccc1C1CNCCS1. The van der Waals surface area contributed by atoms with E-state index < -0.39 is 0 Å². The molecule has 0 radical (unpaired) electrons. The van der Waals surface area contributed by atoms with E-state index in [1.807, 2.05) is 0 Å². The second-order valence-electron chi connectivity index (χ2n) is 4.85. The average Bonchev–Trinajstić information content (AvgIpc) is 2.94. The van der Waals surface area contributed by atoms with Gasteiger partial charge in [0.1, 0.15) is 0 Å². The van der Waals surface area contributed by atoms with E-state index in [0.29, 0.717) is 5.25 Å². The fraction of sp³-hybridized carbons (Fsp3) is 0.571. The molecule has 1 N–H and O–H groups in total. The molecule has 0 spiro atoms. The van der Waals surface area contributed by atoms with Crippen LogP contribution in [0.5, 0.6) is 0 Å². The number of hydrogen-bond donors (Lipinski definition) is 1. The second-order valence-corrected chi connectivity index (χ2v) is 6.16. The molecule has 0 aliphatic carbocycles. The number of thioether (sulfide) groups is 1. The predicted molar refractivity (Wildman–Crippen MR) is 76.0 cm³/mol. The number of hydrogen-bond acceptors (Lipinski definition) is 3. The van der Waals surface area contributed by atoms with Gasteiger partial charge < -0.3 is 10.2 Å². The number of benzene rings is 1. The number of nitrogens with zero attached hydrogens (tertiary/aromatic N) is 1. The Labute approximate surface area is 108 Å². The fourth-order valence-electron chi connectivity index (χ4n) is 2.65. The molecule has 1 atom stereocenters. The molecule has 0 saturated carbocycles. The minimum Gasteiger partial charge on any atom is -0.372 e. The van der Waals surface area contributed by atoms with Gasteiger partial charge in [0.05, 0.1) is 0 Å². The molecule has 17 heavy (non-hydrogen) atoms. The summed E-state index contributed by atoms with van der Waals surface area (Å²) < 4.78 is 0. The highest BCUT2D eigenvalue weighted by Gasteiger charge is 2.16. The van der Waals surface area contributed by atoms with E-state index in [-0.39, 0.29) is 0 Å². The van der Waals surface area contributed by atoms with Gasteiger partial charge in [-0.1, -0.05) is 12.1 Å². The van der Waals surface area contributed by atoms with Crippen LogP contribution in [0.15, 0.2) is 24.3 Å². The summed E-state index contributed by atoms with van der Waals surface area (Å²) in [5.41, 5.74) is 2.88. The van der Waals surface area contributed by atoms with Crippen molar-refractivity contribution in [3.05, 3.63) is 29.8 Å². The van der Waals surface area contributed by atoms with Crippen molar-refractivity contribution in [1.82, 2.24) is 5.32 Å². The Balaban J connectivity index is 1.70. The molecular formula is C14H20N2S. The summed E-state index contributed by atoms with van der Waals surface area (Å²) >= 11 is 2.08. The topological polar surface area (TPSA) is 15.3 Å². The number of rotatable bonds is 2. The summed E-state index contributed by atoms with van der Waals surface area (Å²) in [7, 11) is 0. The van der Waals surface area contributed by atoms with Crippen molar-refractivity contribution in [2.45, 2.75) is 18.1 Å². The molecule has 0 amide bonds. The van der Waals surface area contributed by atoms with Crippen molar-refractivity contribution < 1.29 is 0 Å². The van der Waals surface area contributed by atoms with Gasteiger partial charge in [-0.15, -0.1) is 0 Å². The lowest BCUT2D eigenvalue weighted by molar-refractivity contribution is 0.689. The Kier molecular flexibility index (Phi) is 3.57. The van der Waals surface area contributed by atoms with E-state index in [1.54, 1.807) is 0 Å². The smallest absolute Gasteiger partial charge is 0.0422 e. The van der Waals surface area contributed by atoms with Crippen molar-refractivity contribution in [1.29, 1.82) is 0 Å². The third-order valence-electron chi connectivity index (χ3n) is 3.66. The molecule has 1 aromatic rings. The maximum Gasteiger partial charge on any atom is 0.0422 e. The minimum absolute atomic E-state index is 0.649. The highest BCUT2D eigenvalue weighted by atomic mass is 32.2. The van der Waals surface area contributed by atoms with Crippen molar-refractivity contribution in [2.75, 3.05) is 36.8 Å². The molecule has 2 heterocycles. The van der Waals surface area contributed by atoms with Crippen LogP contribution >= 0.6 is 11.8 Å². The standard InChI is InChI=1S/C14H20N2S/c1-2-9-16(8-1)13-5-3-12(4-6-13)14-11-15-7-10-17-14/h3-6,14-15H,1-2,7-11H2. The lowest BCUT2D eigenvalue weighted by Gasteiger charge is -2.24. The zero-order valence-corrected chi connectivity index (χ0v) is 11.0. The third-order valence-corrected chi connectivity index (χ3v) is 4.94. The fourth-order valence-corrected chi connectivity index (χ4v) is 3.79. The lowest BCUT2D eigenvalue weighted by atomic mass is 10.1. The maximum absolute atomic E-state index is 3.47. The normalized spacial score (nSPS) is 25.2. The minimum atomic E-state index is 0.649. The predicted octanol–water partition coefficient (Wildman–Crippen LogP) is 2.66. The summed E-state index contributed by atoms with van der Waals surface area (Å²) in [6.07, 6.45) is 2.70. The molecule has 92 valence electrons. The zero-order valence-electron chi connectivity index (χ0n) is 10.2. The molecule has 3 heteroatoms. The van der Waals surface area contributed by atoms with Gasteiger partial charge in [-0.25, -0.2) is 0 Å². The van der Waals surface area contributed by atoms with Gasteiger partial charge in [-0.2, -0.15) is 11.8 Å². The van der Waals surface area contributed by atoms with Crippen LogP contribution in [0.25, 0.3) is 0 Å². The van der Waals surface area contributed by atoms with Crippen LogP contribution in [0.2, 0.25) is 0 Å². The Morgan fingerprint density at radius 1 is 1.12 bits per heavy atom. The van der Waals surface area contributed by atoms with Crippen LogP contribution in [0.4, 0.5) is 5.69 Å². The van der Waals surface area contributed by atoms with Crippen LogP contribution in [-0.2, 0) is 0 Å². The van der Waals surface area contributed by atoms with Gasteiger partial charge in [0.15, 0.2) is 0 Å². The Morgan fingerprint density at radius 2 is 1.88 bits per heavy atom. The van der Waals surface area contributed by atoms with Crippen LogP contribution in [0.1, 0.15) is 23.7 Å². The van der Waals surface area contributed by atoms with E-state index in [4.69, 9.17) is 0 Å². The van der Waals surface area contributed by atoms with Crippen molar-refractivity contribution >= 4 is 17.4 Å². The van der Waals surface area contributed by atoms with Crippen molar-refractivity contribution in [3.63, 3.8) is 0 Å². The maximum atomic E-state index is 3.47. The summed E-state index contributed by atoms with van der Waals surface area (Å²) in [6.45, 7) is 4.75. The molecular weight excluding hydrogens is 228 g/mol. The van der Waals surface area contributed by atoms with E-state index in [9.17, 15) is 0 Å². The monoisotopic (exact) mass is 248 g/mol.